The van der Waals surface area contributed by atoms with E-state index in [1.807, 2.05) is 4.90 Å². The van der Waals surface area contributed by atoms with Crippen molar-refractivity contribution in [1.82, 2.24) is 5.32 Å². The maximum Gasteiger partial charge on any atom is 0.416 e. The maximum atomic E-state index is 13.2. The van der Waals surface area contributed by atoms with Crippen LogP contribution in [-0.4, -0.2) is 24.1 Å². The zero-order chi connectivity index (χ0) is 23.3. The van der Waals surface area contributed by atoms with Gasteiger partial charge in [-0.2, -0.15) is 13.2 Å². The number of benzene rings is 2. The van der Waals surface area contributed by atoms with E-state index in [1.165, 1.54) is 18.2 Å². The van der Waals surface area contributed by atoms with Gasteiger partial charge >= 0.3 is 6.18 Å². The Kier molecular flexibility index (Phi) is 8.03. The van der Waals surface area contributed by atoms with Crippen molar-refractivity contribution < 1.29 is 18.0 Å². The van der Waals surface area contributed by atoms with Gasteiger partial charge in [0.1, 0.15) is 0 Å². The van der Waals surface area contributed by atoms with Crippen molar-refractivity contribution in [3.63, 3.8) is 0 Å². The molecule has 4 nitrogen and oxygen atoms in total. The van der Waals surface area contributed by atoms with Crippen molar-refractivity contribution in [2.75, 3.05) is 23.3 Å². The number of rotatable bonds is 4. The van der Waals surface area contributed by atoms with Gasteiger partial charge < -0.3 is 10.2 Å². The Morgan fingerprint density at radius 2 is 1.78 bits per heavy atom. The summed E-state index contributed by atoms with van der Waals surface area (Å²) in [7, 11) is 0. The number of alkyl halides is 3. The van der Waals surface area contributed by atoms with Crippen LogP contribution in [0, 0.1) is 0 Å². The molecule has 3 rings (SSSR count). The molecule has 0 spiro atoms. The van der Waals surface area contributed by atoms with Crippen molar-refractivity contribution >= 4 is 63.9 Å². The van der Waals surface area contributed by atoms with Crippen molar-refractivity contribution in [3.05, 3.63) is 63.6 Å². The van der Waals surface area contributed by atoms with Gasteiger partial charge in [0, 0.05) is 29.2 Å². The van der Waals surface area contributed by atoms with Gasteiger partial charge in [0.05, 0.1) is 16.9 Å². The Morgan fingerprint density at radius 3 is 2.44 bits per heavy atom. The molecule has 0 aromatic heterocycles. The van der Waals surface area contributed by atoms with Crippen LogP contribution in [-0.2, 0) is 11.0 Å². The fourth-order valence-corrected chi connectivity index (χ4v) is 4.01. The number of carbonyl (C=O) groups is 1. The zero-order valence-electron chi connectivity index (χ0n) is 16.8. The summed E-state index contributed by atoms with van der Waals surface area (Å²) in [6.45, 7) is 1.48. The largest absolute Gasteiger partial charge is 0.416 e. The highest BCUT2D eigenvalue weighted by Crippen LogP contribution is 2.36. The Hall–Kier alpha value is -2.29. The predicted octanol–water partition coefficient (Wildman–Crippen LogP) is 6.53. The summed E-state index contributed by atoms with van der Waals surface area (Å²) in [6.07, 6.45) is 1.21. The molecule has 1 saturated heterocycles. The van der Waals surface area contributed by atoms with Crippen LogP contribution in [0.5, 0.6) is 0 Å². The van der Waals surface area contributed by atoms with Gasteiger partial charge in [0.25, 0.3) is 0 Å². The number of nitrogens with zero attached hydrogens (tertiary/aromatic N) is 1. The van der Waals surface area contributed by atoms with E-state index in [4.69, 9.17) is 35.4 Å². The second kappa shape index (κ2) is 10.6. The van der Waals surface area contributed by atoms with Crippen molar-refractivity contribution in [1.29, 1.82) is 0 Å². The summed E-state index contributed by atoms with van der Waals surface area (Å²) in [6, 6.07) is 8.32. The molecule has 0 unspecified atom stereocenters. The molecule has 0 saturated carbocycles. The van der Waals surface area contributed by atoms with Crippen LogP contribution in [0.4, 0.5) is 24.5 Å². The van der Waals surface area contributed by atoms with Gasteiger partial charge in [0.2, 0.25) is 5.91 Å². The number of amides is 1. The van der Waals surface area contributed by atoms with Crippen molar-refractivity contribution in [2.24, 2.45) is 0 Å². The molecule has 10 heteroatoms. The molecule has 2 aromatic rings. The number of anilines is 2. The monoisotopic (exact) mass is 501 g/mol. The quantitative estimate of drug-likeness (QED) is 0.369. The topological polar surface area (TPSA) is 44.4 Å². The first-order chi connectivity index (χ1) is 15.1. The maximum absolute atomic E-state index is 13.2. The van der Waals surface area contributed by atoms with Crippen LogP contribution in [0.15, 0.2) is 42.5 Å². The SMILES string of the molecule is O=C(/C=C/c1ccc(Cl)cc1Cl)NC(=S)Nc1cc(C(F)(F)F)ccc1N1CCCCC1. The van der Waals surface area contributed by atoms with E-state index in [0.717, 1.165) is 44.5 Å². The molecule has 0 atom stereocenters. The average Bonchev–Trinajstić information content (AvgIpc) is 2.73. The van der Waals surface area contributed by atoms with E-state index < -0.39 is 17.6 Å². The van der Waals surface area contributed by atoms with Crippen LogP contribution in [0.1, 0.15) is 30.4 Å². The van der Waals surface area contributed by atoms with Gasteiger partial charge in [0.15, 0.2) is 5.11 Å². The molecule has 170 valence electrons. The molecule has 1 aliphatic rings. The number of hydrogen-bond donors (Lipinski definition) is 2. The lowest BCUT2D eigenvalue weighted by molar-refractivity contribution is -0.137. The number of halogens is 5. The standard InChI is InChI=1S/C22H20Cl2F3N3OS/c23-16-7-4-14(17(24)13-16)5-9-20(31)29-21(32)28-18-12-15(22(25,26)27)6-8-19(18)30-10-2-1-3-11-30/h4-9,12-13H,1-3,10-11H2,(H2,28,29,31,32)/b9-5+. The third-order valence-electron chi connectivity index (χ3n) is 4.88. The minimum Gasteiger partial charge on any atom is -0.370 e. The summed E-state index contributed by atoms with van der Waals surface area (Å²) in [4.78, 5) is 14.2. The van der Waals surface area contributed by atoms with Crippen molar-refractivity contribution in [3.8, 4) is 0 Å². The van der Waals surface area contributed by atoms with Crippen molar-refractivity contribution in [2.45, 2.75) is 25.4 Å². The smallest absolute Gasteiger partial charge is 0.370 e. The molecule has 1 heterocycles. The molecule has 32 heavy (non-hydrogen) atoms. The number of thiocarbonyl (C=S) groups is 1. The first-order valence-corrected chi connectivity index (χ1v) is 11.0. The molecule has 0 bridgehead atoms. The summed E-state index contributed by atoms with van der Waals surface area (Å²) >= 11 is 17.1. The lowest BCUT2D eigenvalue weighted by Crippen LogP contribution is -2.35. The fraction of sp³-hybridized carbons (Fsp3) is 0.273. The zero-order valence-corrected chi connectivity index (χ0v) is 19.1. The minimum atomic E-state index is -4.50. The lowest BCUT2D eigenvalue weighted by atomic mass is 10.1. The van der Waals surface area contributed by atoms with Gasteiger partial charge in [-0.05, 0) is 73.5 Å². The Labute approximate surface area is 199 Å². The molecule has 2 N–H and O–H groups in total. The van der Waals surface area contributed by atoms with Crippen LogP contribution in [0.25, 0.3) is 6.08 Å². The molecular weight excluding hydrogens is 482 g/mol. The molecule has 1 aliphatic heterocycles. The number of piperidine rings is 1. The van der Waals surface area contributed by atoms with Crippen LogP contribution < -0.4 is 15.5 Å². The van der Waals surface area contributed by atoms with E-state index in [9.17, 15) is 18.0 Å². The second-order valence-electron chi connectivity index (χ2n) is 7.22. The molecule has 0 radical (unpaired) electrons. The first kappa shape index (κ1) is 24.4. The first-order valence-electron chi connectivity index (χ1n) is 9.85. The van der Waals surface area contributed by atoms with E-state index in [-0.39, 0.29) is 10.8 Å². The molecule has 2 aromatic carbocycles. The van der Waals surface area contributed by atoms with E-state index >= 15 is 0 Å². The fourth-order valence-electron chi connectivity index (χ4n) is 3.33. The highest BCUT2D eigenvalue weighted by atomic mass is 35.5. The van der Waals surface area contributed by atoms with Crippen LogP contribution >= 0.6 is 35.4 Å². The van der Waals surface area contributed by atoms with Gasteiger partial charge in [-0.3, -0.25) is 10.1 Å². The number of carbonyl (C=O) groups excluding carboxylic acids is 1. The van der Waals surface area contributed by atoms with Gasteiger partial charge in [-0.25, -0.2) is 0 Å². The summed E-state index contributed by atoms with van der Waals surface area (Å²) < 4.78 is 39.7. The average molecular weight is 502 g/mol. The predicted molar refractivity (Wildman–Crippen MR) is 127 cm³/mol. The minimum absolute atomic E-state index is 0.112. The van der Waals surface area contributed by atoms with E-state index in [2.05, 4.69) is 10.6 Å². The van der Waals surface area contributed by atoms with Crippen LogP contribution in [0.3, 0.4) is 0 Å². The summed E-state index contributed by atoms with van der Waals surface area (Å²) in [5, 5.41) is 5.92. The Morgan fingerprint density at radius 1 is 1.06 bits per heavy atom. The third-order valence-corrected chi connectivity index (χ3v) is 5.65. The highest BCUT2D eigenvalue weighted by Gasteiger charge is 2.31. The Bertz CT molecular complexity index is 1040. The summed E-state index contributed by atoms with van der Waals surface area (Å²) in [5.41, 5.74) is 0.581. The number of nitrogens with one attached hydrogen (secondary N) is 2. The number of hydrogen-bond acceptors (Lipinski definition) is 3. The lowest BCUT2D eigenvalue weighted by Gasteiger charge is -2.31. The molecule has 0 aliphatic carbocycles. The second-order valence-corrected chi connectivity index (χ2v) is 8.47. The van der Waals surface area contributed by atoms with Gasteiger partial charge in [-0.15, -0.1) is 0 Å². The van der Waals surface area contributed by atoms with E-state index in [0.29, 0.717) is 21.3 Å². The molecule has 1 fully saturated rings. The van der Waals surface area contributed by atoms with Gasteiger partial charge in [-0.1, -0.05) is 29.3 Å². The molecular formula is C22H20Cl2F3N3OS. The van der Waals surface area contributed by atoms with E-state index in [1.54, 1.807) is 18.2 Å². The highest BCUT2D eigenvalue weighted by molar-refractivity contribution is 7.80. The Balaban J connectivity index is 1.73. The summed E-state index contributed by atoms with van der Waals surface area (Å²) in [5.74, 6) is -0.556. The van der Waals surface area contributed by atoms with Crippen LogP contribution in [0.2, 0.25) is 10.0 Å². The normalized spacial score (nSPS) is 14.5. The third kappa shape index (κ3) is 6.60. The molecule has 1 amide bonds.